The molecule has 0 bridgehead atoms. The summed E-state index contributed by atoms with van der Waals surface area (Å²) in [7, 11) is 0. The zero-order valence-electron chi connectivity index (χ0n) is 8.25. The van der Waals surface area contributed by atoms with E-state index in [4.69, 9.17) is 9.47 Å². The number of ether oxygens (including phenoxy) is 2. The molecule has 1 heterocycles. The van der Waals surface area contributed by atoms with Crippen LogP contribution in [0.4, 0.5) is 0 Å². The monoisotopic (exact) mass is 248 g/mol. The van der Waals surface area contributed by atoms with Gasteiger partial charge in [0.2, 0.25) is 0 Å². The van der Waals surface area contributed by atoms with E-state index in [1.807, 2.05) is 19.9 Å². The Kier molecular flexibility index (Phi) is 3.95. The molecule has 0 unspecified atom stereocenters. The lowest BCUT2D eigenvalue weighted by atomic mass is 10.1. The zero-order valence-corrected chi connectivity index (χ0v) is 9.84. The topological polar surface area (TPSA) is 18.5 Å². The van der Waals surface area contributed by atoms with Gasteiger partial charge in [0, 0.05) is 5.33 Å². The Hall–Kier alpha value is 0.140. The second-order valence-electron chi connectivity index (χ2n) is 3.71. The first kappa shape index (κ1) is 11.2. The summed E-state index contributed by atoms with van der Waals surface area (Å²) in [6, 6.07) is 0. The Labute approximate surface area is 88.4 Å². The van der Waals surface area contributed by atoms with Gasteiger partial charge in [-0.25, -0.2) is 0 Å². The van der Waals surface area contributed by atoms with E-state index in [-0.39, 0.29) is 12.2 Å². The van der Waals surface area contributed by atoms with E-state index in [1.54, 1.807) is 0 Å². The van der Waals surface area contributed by atoms with Gasteiger partial charge in [-0.1, -0.05) is 22.0 Å². The fraction of sp³-hybridized carbons (Fsp3) is 0.800. The third kappa shape index (κ3) is 3.08. The zero-order chi connectivity index (χ0) is 9.90. The summed E-state index contributed by atoms with van der Waals surface area (Å²) in [5.41, 5.74) is 0. The normalized spacial score (nSPS) is 31.9. The number of hydrogen-bond acceptors (Lipinski definition) is 2. The highest BCUT2D eigenvalue weighted by Gasteiger charge is 2.38. The molecule has 1 aliphatic rings. The van der Waals surface area contributed by atoms with Crippen molar-refractivity contribution in [3.8, 4) is 0 Å². The van der Waals surface area contributed by atoms with Crippen LogP contribution in [0.3, 0.4) is 0 Å². The van der Waals surface area contributed by atoms with Crippen LogP contribution >= 0.6 is 15.9 Å². The van der Waals surface area contributed by atoms with Crippen LogP contribution in [-0.4, -0.2) is 23.3 Å². The Balaban J connectivity index is 2.48. The van der Waals surface area contributed by atoms with Crippen LogP contribution in [0.1, 0.15) is 26.7 Å². The van der Waals surface area contributed by atoms with E-state index in [9.17, 15) is 0 Å². The van der Waals surface area contributed by atoms with Crippen molar-refractivity contribution >= 4 is 15.9 Å². The van der Waals surface area contributed by atoms with E-state index in [0.29, 0.717) is 0 Å². The van der Waals surface area contributed by atoms with E-state index in [1.165, 1.54) is 0 Å². The third-order valence-corrected chi connectivity index (χ3v) is 2.64. The lowest BCUT2D eigenvalue weighted by Gasteiger charge is -2.16. The predicted molar refractivity (Wildman–Crippen MR) is 57.1 cm³/mol. The Bertz CT molecular complexity index is 180. The highest BCUT2D eigenvalue weighted by Crippen LogP contribution is 2.30. The van der Waals surface area contributed by atoms with Crippen molar-refractivity contribution in [2.75, 3.05) is 5.33 Å². The molecule has 0 aliphatic carbocycles. The summed E-state index contributed by atoms with van der Waals surface area (Å²) in [5.74, 6) is -0.449. The molecule has 1 rings (SSSR count). The van der Waals surface area contributed by atoms with Gasteiger partial charge in [-0.05, 0) is 26.7 Å². The molecule has 0 aromatic heterocycles. The molecule has 1 aliphatic heterocycles. The molecule has 2 atom stereocenters. The number of alkyl halides is 1. The van der Waals surface area contributed by atoms with Gasteiger partial charge in [-0.2, -0.15) is 0 Å². The average molecular weight is 249 g/mol. The highest BCUT2D eigenvalue weighted by molar-refractivity contribution is 9.09. The van der Waals surface area contributed by atoms with Crippen LogP contribution in [0.25, 0.3) is 0 Å². The Morgan fingerprint density at radius 3 is 2.69 bits per heavy atom. The van der Waals surface area contributed by atoms with Crippen molar-refractivity contribution in [2.24, 2.45) is 0 Å². The first-order chi connectivity index (χ1) is 6.09. The molecular weight excluding hydrogens is 232 g/mol. The predicted octanol–water partition coefficient (Wildman–Crippen LogP) is 2.87. The lowest BCUT2D eigenvalue weighted by Crippen LogP contribution is -2.21. The van der Waals surface area contributed by atoms with Crippen molar-refractivity contribution in [2.45, 2.75) is 44.7 Å². The minimum Gasteiger partial charge on any atom is -0.344 e. The van der Waals surface area contributed by atoms with Crippen LogP contribution in [0.15, 0.2) is 12.7 Å². The van der Waals surface area contributed by atoms with Crippen molar-refractivity contribution in [1.82, 2.24) is 0 Å². The minimum absolute atomic E-state index is 0.0500. The van der Waals surface area contributed by atoms with Gasteiger partial charge in [0.1, 0.15) is 6.10 Å². The van der Waals surface area contributed by atoms with Gasteiger partial charge < -0.3 is 9.47 Å². The summed E-state index contributed by atoms with van der Waals surface area (Å²) < 4.78 is 11.4. The Morgan fingerprint density at radius 1 is 1.46 bits per heavy atom. The average Bonchev–Trinajstić information content (AvgIpc) is 2.37. The van der Waals surface area contributed by atoms with E-state index in [2.05, 4.69) is 22.5 Å². The summed E-state index contributed by atoms with van der Waals surface area (Å²) in [6.07, 6.45) is 4.17. The van der Waals surface area contributed by atoms with Gasteiger partial charge in [-0.3, -0.25) is 0 Å². The molecule has 0 amide bonds. The van der Waals surface area contributed by atoms with E-state index < -0.39 is 5.79 Å². The van der Waals surface area contributed by atoms with Gasteiger partial charge >= 0.3 is 0 Å². The van der Waals surface area contributed by atoms with E-state index in [0.717, 1.165) is 18.2 Å². The number of rotatable bonds is 4. The van der Waals surface area contributed by atoms with E-state index >= 15 is 0 Å². The van der Waals surface area contributed by atoms with Gasteiger partial charge in [0.25, 0.3) is 0 Å². The smallest absolute Gasteiger partial charge is 0.164 e. The number of hydrogen-bond donors (Lipinski definition) is 0. The fourth-order valence-corrected chi connectivity index (χ4v) is 1.89. The van der Waals surface area contributed by atoms with Crippen LogP contribution in [0, 0.1) is 0 Å². The molecular formula is C10H17BrO2. The molecule has 0 radical (unpaired) electrons. The van der Waals surface area contributed by atoms with Gasteiger partial charge in [-0.15, -0.1) is 6.58 Å². The molecule has 0 saturated carbocycles. The standard InChI is InChI=1S/C10H17BrO2/c1-4-8-9(6-5-7-11)13-10(2,3)12-8/h4,8-9H,1,5-7H2,2-3H3/t8-,9+/m1/s1. The fourth-order valence-electron chi connectivity index (χ4n) is 1.56. The summed E-state index contributed by atoms with van der Waals surface area (Å²) >= 11 is 3.40. The molecule has 76 valence electrons. The maximum atomic E-state index is 5.74. The largest absolute Gasteiger partial charge is 0.344 e. The second-order valence-corrected chi connectivity index (χ2v) is 4.50. The summed E-state index contributed by atoms with van der Waals surface area (Å²) in [6.45, 7) is 7.63. The molecule has 2 nitrogen and oxygen atoms in total. The number of halogens is 1. The van der Waals surface area contributed by atoms with Crippen molar-refractivity contribution in [3.05, 3.63) is 12.7 Å². The van der Waals surface area contributed by atoms with Crippen molar-refractivity contribution in [1.29, 1.82) is 0 Å². The summed E-state index contributed by atoms with van der Waals surface area (Å²) in [4.78, 5) is 0. The first-order valence-corrected chi connectivity index (χ1v) is 5.75. The SMILES string of the molecule is C=C[C@H]1OC(C)(C)O[C@H]1CCCBr. The highest BCUT2D eigenvalue weighted by atomic mass is 79.9. The molecule has 1 fully saturated rings. The molecule has 0 N–H and O–H groups in total. The molecule has 3 heteroatoms. The van der Waals surface area contributed by atoms with Gasteiger partial charge in [0.15, 0.2) is 5.79 Å². The van der Waals surface area contributed by atoms with Crippen LogP contribution in [0.2, 0.25) is 0 Å². The molecule has 0 aromatic carbocycles. The third-order valence-electron chi connectivity index (χ3n) is 2.08. The quantitative estimate of drug-likeness (QED) is 0.563. The van der Waals surface area contributed by atoms with Crippen molar-refractivity contribution in [3.63, 3.8) is 0 Å². The van der Waals surface area contributed by atoms with Gasteiger partial charge in [0.05, 0.1) is 6.10 Å². The molecule has 13 heavy (non-hydrogen) atoms. The minimum atomic E-state index is -0.449. The first-order valence-electron chi connectivity index (χ1n) is 4.63. The van der Waals surface area contributed by atoms with Crippen molar-refractivity contribution < 1.29 is 9.47 Å². The molecule has 0 spiro atoms. The van der Waals surface area contributed by atoms with Crippen LogP contribution in [0.5, 0.6) is 0 Å². The molecule has 0 aromatic rings. The lowest BCUT2D eigenvalue weighted by molar-refractivity contribution is -0.143. The maximum Gasteiger partial charge on any atom is 0.164 e. The molecule has 1 saturated heterocycles. The van der Waals surface area contributed by atoms with Crippen LogP contribution in [-0.2, 0) is 9.47 Å². The maximum absolute atomic E-state index is 5.74. The van der Waals surface area contributed by atoms with Crippen LogP contribution < -0.4 is 0 Å². The summed E-state index contributed by atoms with van der Waals surface area (Å²) in [5, 5.41) is 1.01. The Morgan fingerprint density at radius 2 is 2.15 bits per heavy atom. The second kappa shape index (κ2) is 4.58.